The van der Waals surface area contributed by atoms with Gasteiger partial charge in [0.15, 0.2) is 0 Å². The number of benzene rings is 1. The molecule has 1 aromatic heterocycles. The van der Waals surface area contributed by atoms with Gasteiger partial charge in [0.2, 0.25) is 0 Å². The Kier molecular flexibility index (Phi) is 4.23. The Hall–Kier alpha value is -2.16. The number of hydrogen-bond acceptors (Lipinski definition) is 4. The molecule has 0 bridgehead atoms. The molecular formula is C17H20N4O. The zero-order valence-corrected chi connectivity index (χ0v) is 13.0. The summed E-state index contributed by atoms with van der Waals surface area (Å²) in [6.45, 7) is 7.29. The number of H-pyrrole nitrogens is 1. The molecule has 0 spiro atoms. The molecule has 2 aromatic rings. The molecule has 1 atom stereocenters. The van der Waals surface area contributed by atoms with Crippen molar-refractivity contribution in [3.63, 3.8) is 0 Å². The number of aromatic nitrogens is 2. The summed E-state index contributed by atoms with van der Waals surface area (Å²) in [5.74, 6) is 0. The molecule has 3 rings (SSSR count). The fraction of sp³-hybridized carbons (Fsp3) is 0.412. The fourth-order valence-electron chi connectivity index (χ4n) is 3.06. The van der Waals surface area contributed by atoms with E-state index >= 15 is 0 Å². The van der Waals surface area contributed by atoms with Crippen molar-refractivity contribution in [2.24, 2.45) is 0 Å². The Morgan fingerprint density at radius 2 is 2.14 bits per heavy atom. The lowest BCUT2D eigenvalue weighted by Crippen LogP contribution is -2.39. The van der Waals surface area contributed by atoms with Gasteiger partial charge in [0.05, 0.1) is 36.6 Å². The van der Waals surface area contributed by atoms with Crippen LogP contribution < -0.4 is 0 Å². The number of aryl methyl sites for hydroxylation is 2. The highest BCUT2D eigenvalue weighted by Gasteiger charge is 2.28. The van der Waals surface area contributed by atoms with E-state index in [9.17, 15) is 0 Å². The van der Waals surface area contributed by atoms with Crippen LogP contribution in [-0.4, -0.2) is 34.9 Å². The Balaban J connectivity index is 1.82. The van der Waals surface area contributed by atoms with E-state index < -0.39 is 0 Å². The number of nitrogens with one attached hydrogen (secondary N) is 1. The zero-order chi connectivity index (χ0) is 15.5. The number of rotatable bonds is 3. The lowest BCUT2D eigenvalue weighted by atomic mass is 10.0. The van der Waals surface area contributed by atoms with Gasteiger partial charge in [-0.2, -0.15) is 10.4 Å². The van der Waals surface area contributed by atoms with Gasteiger partial charge < -0.3 is 4.74 Å². The maximum atomic E-state index is 8.89. The SMILES string of the molecule is Cc1n[nH]c(C)c1[C@@H]1COCCN1Cc1ccc(C#N)cc1. The van der Waals surface area contributed by atoms with Crippen LogP contribution in [0.1, 0.15) is 34.1 Å². The highest BCUT2D eigenvalue weighted by atomic mass is 16.5. The van der Waals surface area contributed by atoms with E-state index in [1.165, 1.54) is 11.1 Å². The third kappa shape index (κ3) is 2.89. The lowest BCUT2D eigenvalue weighted by Gasteiger charge is -2.36. The highest BCUT2D eigenvalue weighted by molar-refractivity contribution is 5.32. The summed E-state index contributed by atoms with van der Waals surface area (Å²) in [6, 6.07) is 10.2. The molecule has 1 aromatic carbocycles. The molecule has 1 fully saturated rings. The van der Waals surface area contributed by atoms with Crippen LogP contribution in [0.4, 0.5) is 0 Å². The molecule has 1 aliphatic heterocycles. The van der Waals surface area contributed by atoms with Crippen LogP contribution >= 0.6 is 0 Å². The number of aromatic amines is 1. The first-order valence-electron chi connectivity index (χ1n) is 7.51. The molecule has 1 saturated heterocycles. The lowest BCUT2D eigenvalue weighted by molar-refractivity contribution is -0.0131. The van der Waals surface area contributed by atoms with Gasteiger partial charge in [0, 0.05) is 24.3 Å². The number of ether oxygens (including phenoxy) is 1. The maximum absolute atomic E-state index is 8.89. The van der Waals surface area contributed by atoms with Crippen LogP contribution in [0, 0.1) is 25.2 Å². The van der Waals surface area contributed by atoms with E-state index in [0.29, 0.717) is 12.2 Å². The van der Waals surface area contributed by atoms with Crippen molar-refractivity contribution in [1.29, 1.82) is 5.26 Å². The molecule has 1 N–H and O–H groups in total. The minimum Gasteiger partial charge on any atom is -0.378 e. The van der Waals surface area contributed by atoms with Gasteiger partial charge in [-0.05, 0) is 31.5 Å². The van der Waals surface area contributed by atoms with Crippen LogP contribution in [0.3, 0.4) is 0 Å². The van der Waals surface area contributed by atoms with Gasteiger partial charge in [0.25, 0.3) is 0 Å². The molecular weight excluding hydrogens is 276 g/mol. The minimum absolute atomic E-state index is 0.225. The van der Waals surface area contributed by atoms with Gasteiger partial charge in [-0.15, -0.1) is 0 Å². The second-order valence-electron chi connectivity index (χ2n) is 5.72. The smallest absolute Gasteiger partial charge is 0.0991 e. The molecule has 0 saturated carbocycles. The molecule has 0 aliphatic carbocycles. The quantitative estimate of drug-likeness (QED) is 0.945. The third-order valence-corrected chi connectivity index (χ3v) is 4.23. The summed E-state index contributed by atoms with van der Waals surface area (Å²) in [5.41, 5.74) is 5.30. The average molecular weight is 296 g/mol. The van der Waals surface area contributed by atoms with Crippen molar-refractivity contribution >= 4 is 0 Å². The van der Waals surface area contributed by atoms with Crippen LogP contribution in [0.2, 0.25) is 0 Å². The van der Waals surface area contributed by atoms with E-state index in [1.807, 2.05) is 31.2 Å². The van der Waals surface area contributed by atoms with Crippen LogP contribution in [-0.2, 0) is 11.3 Å². The zero-order valence-electron chi connectivity index (χ0n) is 13.0. The first kappa shape index (κ1) is 14.8. The second kappa shape index (κ2) is 6.30. The molecule has 5 nitrogen and oxygen atoms in total. The number of nitriles is 1. The van der Waals surface area contributed by atoms with Gasteiger partial charge in [-0.3, -0.25) is 10.00 Å². The predicted molar refractivity (Wildman–Crippen MR) is 83.2 cm³/mol. The first-order chi connectivity index (χ1) is 10.7. The van der Waals surface area contributed by atoms with Crippen LogP contribution in [0.15, 0.2) is 24.3 Å². The van der Waals surface area contributed by atoms with E-state index in [-0.39, 0.29) is 6.04 Å². The summed E-state index contributed by atoms with van der Waals surface area (Å²) in [6.07, 6.45) is 0. The monoisotopic (exact) mass is 296 g/mol. The van der Waals surface area contributed by atoms with Crippen LogP contribution in [0.25, 0.3) is 0 Å². The highest BCUT2D eigenvalue weighted by Crippen LogP contribution is 2.29. The summed E-state index contributed by atoms with van der Waals surface area (Å²) < 4.78 is 5.69. The summed E-state index contributed by atoms with van der Waals surface area (Å²) in [5, 5.41) is 16.3. The standard InChI is InChI=1S/C17H20N4O/c1-12-17(13(2)20-19-12)16-11-22-8-7-21(16)10-15-5-3-14(9-18)4-6-15/h3-6,16H,7-8,10-11H2,1-2H3,(H,19,20)/t16-/m0/s1. The van der Waals surface area contributed by atoms with E-state index in [1.54, 1.807) is 0 Å². The Bertz CT molecular complexity index is 664. The van der Waals surface area contributed by atoms with Crippen molar-refractivity contribution in [2.45, 2.75) is 26.4 Å². The Morgan fingerprint density at radius 1 is 1.36 bits per heavy atom. The van der Waals surface area contributed by atoms with Crippen molar-refractivity contribution in [1.82, 2.24) is 15.1 Å². The van der Waals surface area contributed by atoms with E-state index in [0.717, 1.165) is 31.1 Å². The van der Waals surface area contributed by atoms with Crippen molar-refractivity contribution < 1.29 is 4.74 Å². The maximum Gasteiger partial charge on any atom is 0.0991 e. The van der Waals surface area contributed by atoms with Crippen molar-refractivity contribution in [3.05, 3.63) is 52.3 Å². The molecule has 0 amide bonds. The van der Waals surface area contributed by atoms with Crippen molar-refractivity contribution in [2.75, 3.05) is 19.8 Å². The molecule has 0 unspecified atom stereocenters. The van der Waals surface area contributed by atoms with Gasteiger partial charge >= 0.3 is 0 Å². The third-order valence-electron chi connectivity index (χ3n) is 4.23. The second-order valence-corrected chi connectivity index (χ2v) is 5.72. The summed E-state index contributed by atoms with van der Waals surface area (Å²) >= 11 is 0. The number of nitrogens with zero attached hydrogens (tertiary/aromatic N) is 3. The molecule has 1 aliphatic rings. The predicted octanol–water partition coefficient (Wildman–Crippen LogP) is 2.47. The van der Waals surface area contributed by atoms with E-state index in [2.05, 4.69) is 28.1 Å². The number of morpholine rings is 1. The molecule has 0 radical (unpaired) electrons. The molecule has 22 heavy (non-hydrogen) atoms. The molecule has 2 heterocycles. The topological polar surface area (TPSA) is 64.9 Å². The van der Waals surface area contributed by atoms with Gasteiger partial charge in [-0.1, -0.05) is 12.1 Å². The molecule has 5 heteroatoms. The van der Waals surface area contributed by atoms with Crippen molar-refractivity contribution in [3.8, 4) is 6.07 Å². The van der Waals surface area contributed by atoms with Gasteiger partial charge in [0.1, 0.15) is 0 Å². The minimum atomic E-state index is 0.225. The fourth-order valence-corrected chi connectivity index (χ4v) is 3.06. The summed E-state index contributed by atoms with van der Waals surface area (Å²) in [4.78, 5) is 2.43. The van der Waals surface area contributed by atoms with Crippen LogP contribution in [0.5, 0.6) is 0 Å². The summed E-state index contributed by atoms with van der Waals surface area (Å²) in [7, 11) is 0. The normalized spacial score (nSPS) is 19.0. The van der Waals surface area contributed by atoms with Gasteiger partial charge in [-0.25, -0.2) is 0 Å². The Labute approximate surface area is 130 Å². The van der Waals surface area contributed by atoms with E-state index in [4.69, 9.17) is 10.00 Å². The largest absolute Gasteiger partial charge is 0.378 e. The Morgan fingerprint density at radius 3 is 2.77 bits per heavy atom. The number of hydrogen-bond donors (Lipinski definition) is 1. The first-order valence-corrected chi connectivity index (χ1v) is 7.51. The average Bonchev–Trinajstić information content (AvgIpc) is 2.88. The molecule has 114 valence electrons.